The zero-order chi connectivity index (χ0) is 24.6. The van der Waals surface area contributed by atoms with E-state index in [9.17, 15) is 13.2 Å². The second kappa shape index (κ2) is 9.59. The molecular formula is C20H14Cl3F3N4O4. The van der Waals surface area contributed by atoms with Crippen LogP contribution >= 0.6 is 34.8 Å². The van der Waals surface area contributed by atoms with Crippen molar-refractivity contribution in [1.82, 2.24) is 19.5 Å². The van der Waals surface area contributed by atoms with Crippen molar-refractivity contribution in [2.45, 2.75) is 6.18 Å². The molecule has 0 atom stereocenters. The van der Waals surface area contributed by atoms with Crippen molar-refractivity contribution < 1.29 is 32.6 Å². The molecule has 180 valence electrons. The van der Waals surface area contributed by atoms with Gasteiger partial charge in [-0.15, -0.1) is 0 Å². The van der Waals surface area contributed by atoms with Gasteiger partial charge in [0, 0.05) is 29.9 Å². The monoisotopic (exact) mass is 536 g/mol. The first-order valence-corrected chi connectivity index (χ1v) is 10.7. The van der Waals surface area contributed by atoms with E-state index in [4.69, 9.17) is 54.3 Å². The predicted molar refractivity (Wildman–Crippen MR) is 117 cm³/mol. The number of benzene rings is 1. The topological polar surface area (TPSA) is 106 Å². The van der Waals surface area contributed by atoms with Gasteiger partial charge in [0.2, 0.25) is 5.82 Å². The third-order valence-electron chi connectivity index (χ3n) is 4.73. The highest BCUT2D eigenvalue weighted by molar-refractivity contribution is 6.36. The van der Waals surface area contributed by atoms with Crippen molar-refractivity contribution >= 4 is 40.4 Å². The second-order valence-electron chi connectivity index (χ2n) is 7.16. The Morgan fingerprint density at radius 2 is 1.74 bits per heavy atom. The summed E-state index contributed by atoms with van der Waals surface area (Å²) in [4.78, 5) is 8.38. The molecule has 0 saturated heterocycles. The average molecular weight is 538 g/mol. The Bertz CT molecular complexity index is 1340. The van der Waals surface area contributed by atoms with Gasteiger partial charge in [-0.3, -0.25) is 0 Å². The highest BCUT2D eigenvalue weighted by atomic mass is 35.5. The molecule has 0 aliphatic carbocycles. The van der Waals surface area contributed by atoms with Gasteiger partial charge in [-0.25, -0.2) is 4.98 Å². The van der Waals surface area contributed by atoms with Crippen molar-refractivity contribution in [3.8, 4) is 28.7 Å². The summed E-state index contributed by atoms with van der Waals surface area (Å²) >= 11 is 18.5. The summed E-state index contributed by atoms with van der Waals surface area (Å²) in [6, 6.07) is 3.64. The fraction of sp³-hybridized carbons (Fsp3) is 0.250. The lowest BCUT2D eigenvalue weighted by Gasteiger charge is -2.14. The number of pyridine rings is 1. The van der Waals surface area contributed by atoms with E-state index in [1.807, 2.05) is 0 Å². The molecule has 0 bridgehead atoms. The number of nitrogens with zero attached hydrogens (tertiary/aromatic N) is 4. The molecule has 0 saturated carbocycles. The number of hydrogen-bond donors (Lipinski definition) is 2. The Hall–Kier alpha value is -2.57. The standard InChI is InChI=1S/C20H14Cl3F3N4O4/c21-12-3-16(33-8-9(6-31)7-32)13(22)2-11(12)17-28-19(34-29-17)15-5-30-4-10(20(24,25)26)1-14(23)18(30)27-15/h1-5,9,31-32H,6-8H2. The lowest BCUT2D eigenvalue weighted by molar-refractivity contribution is -0.137. The van der Waals surface area contributed by atoms with E-state index in [0.717, 1.165) is 16.7 Å². The summed E-state index contributed by atoms with van der Waals surface area (Å²) in [5.74, 6) is -0.289. The molecule has 3 aromatic heterocycles. The van der Waals surface area contributed by atoms with Gasteiger partial charge >= 0.3 is 6.18 Å². The van der Waals surface area contributed by atoms with Crippen LogP contribution in [0.5, 0.6) is 5.75 Å². The molecule has 0 radical (unpaired) electrons. The fourth-order valence-corrected chi connectivity index (χ4v) is 3.65. The highest BCUT2D eigenvalue weighted by Gasteiger charge is 2.32. The van der Waals surface area contributed by atoms with Crippen LogP contribution in [0.25, 0.3) is 28.6 Å². The molecule has 0 unspecified atom stereocenters. The van der Waals surface area contributed by atoms with Gasteiger partial charge in [-0.2, -0.15) is 18.2 Å². The van der Waals surface area contributed by atoms with E-state index < -0.39 is 17.7 Å². The minimum absolute atomic E-state index is 0.0151. The van der Waals surface area contributed by atoms with Crippen LogP contribution in [-0.2, 0) is 6.18 Å². The molecule has 34 heavy (non-hydrogen) atoms. The van der Waals surface area contributed by atoms with Crippen molar-refractivity contribution in [1.29, 1.82) is 0 Å². The first-order chi connectivity index (χ1) is 16.1. The fourth-order valence-electron chi connectivity index (χ4n) is 2.93. The average Bonchev–Trinajstić information content (AvgIpc) is 3.43. The van der Waals surface area contributed by atoms with E-state index in [2.05, 4.69) is 15.1 Å². The zero-order valence-electron chi connectivity index (χ0n) is 16.9. The molecule has 4 aromatic rings. The minimum Gasteiger partial charge on any atom is -0.492 e. The first-order valence-electron chi connectivity index (χ1n) is 9.54. The van der Waals surface area contributed by atoms with Gasteiger partial charge in [-0.05, 0) is 12.1 Å². The molecule has 8 nitrogen and oxygen atoms in total. The Balaban J connectivity index is 1.63. The van der Waals surface area contributed by atoms with Crippen LogP contribution in [0.15, 0.2) is 35.1 Å². The summed E-state index contributed by atoms with van der Waals surface area (Å²) in [6.07, 6.45) is -2.45. The third kappa shape index (κ3) is 4.93. The number of halogens is 6. The van der Waals surface area contributed by atoms with Gasteiger partial charge in [0.25, 0.3) is 5.89 Å². The summed E-state index contributed by atoms with van der Waals surface area (Å²) in [7, 11) is 0. The van der Waals surface area contributed by atoms with Crippen LogP contribution in [0, 0.1) is 5.92 Å². The Morgan fingerprint density at radius 1 is 1.00 bits per heavy atom. The van der Waals surface area contributed by atoms with E-state index in [1.54, 1.807) is 0 Å². The second-order valence-corrected chi connectivity index (χ2v) is 8.38. The molecule has 2 N–H and O–H groups in total. The molecule has 3 heterocycles. The van der Waals surface area contributed by atoms with Crippen LogP contribution in [0.3, 0.4) is 0 Å². The van der Waals surface area contributed by atoms with Crippen LogP contribution in [0.2, 0.25) is 15.1 Å². The number of imidazole rings is 1. The van der Waals surface area contributed by atoms with E-state index in [0.29, 0.717) is 5.56 Å². The van der Waals surface area contributed by atoms with Gasteiger partial charge < -0.3 is 23.9 Å². The van der Waals surface area contributed by atoms with Crippen LogP contribution in [-0.4, -0.2) is 49.6 Å². The molecule has 0 amide bonds. The number of hydrogen-bond acceptors (Lipinski definition) is 7. The molecule has 0 aliphatic rings. The van der Waals surface area contributed by atoms with Crippen LogP contribution in [0.1, 0.15) is 5.56 Å². The first kappa shape index (κ1) is 24.6. The molecule has 14 heteroatoms. The van der Waals surface area contributed by atoms with E-state index in [1.165, 1.54) is 18.3 Å². The maximum atomic E-state index is 13.1. The van der Waals surface area contributed by atoms with Crippen molar-refractivity contribution in [2.75, 3.05) is 19.8 Å². The number of rotatable bonds is 7. The number of fused-ring (bicyclic) bond motifs is 1. The van der Waals surface area contributed by atoms with Gasteiger partial charge in [-0.1, -0.05) is 40.0 Å². The van der Waals surface area contributed by atoms with Crippen molar-refractivity contribution in [2.24, 2.45) is 5.92 Å². The number of aromatic nitrogens is 4. The van der Waals surface area contributed by atoms with Crippen molar-refractivity contribution in [3.05, 3.63) is 51.2 Å². The highest BCUT2D eigenvalue weighted by Crippen LogP contribution is 2.37. The molecular weight excluding hydrogens is 524 g/mol. The largest absolute Gasteiger partial charge is 0.492 e. The summed E-state index contributed by atoms with van der Waals surface area (Å²) in [5.41, 5.74) is -0.457. The van der Waals surface area contributed by atoms with Gasteiger partial charge in [0.15, 0.2) is 5.65 Å². The molecule has 0 fully saturated rings. The number of ether oxygens (including phenoxy) is 1. The predicted octanol–water partition coefficient (Wildman–Crippen LogP) is 5.01. The lowest BCUT2D eigenvalue weighted by atomic mass is 10.2. The number of alkyl halides is 3. The minimum atomic E-state index is -4.58. The zero-order valence-corrected chi connectivity index (χ0v) is 19.1. The lowest BCUT2D eigenvalue weighted by Crippen LogP contribution is -2.19. The van der Waals surface area contributed by atoms with Crippen LogP contribution < -0.4 is 4.74 Å². The number of aliphatic hydroxyl groups excluding tert-OH is 2. The Labute approximate surface area is 204 Å². The van der Waals surface area contributed by atoms with Gasteiger partial charge in [0.1, 0.15) is 11.4 Å². The van der Waals surface area contributed by atoms with E-state index in [-0.39, 0.29) is 63.7 Å². The van der Waals surface area contributed by atoms with Crippen molar-refractivity contribution in [3.63, 3.8) is 0 Å². The summed E-state index contributed by atoms with van der Waals surface area (Å²) in [6.45, 7) is -0.518. The summed E-state index contributed by atoms with van der Waals surface area (Å²) < 4.78 is 51.0. The Kier molecular flexibility index (Phi) is 6.92. The maximum Gasteiger partial charge on any atom is 0.417 e. The maximum absolute atomic E-state index is 13.1. The smallest absolute Gasteiger partial charge is 0.417 e. The number of aliphatic hydroxyl groups is 2. The molecule has 0 spiro atoms. The third-order valence-corrected chi connectivity index (χ3v) is 5.62. The van der Waals surface area contributed by atoms with Gasteiger partial charge in [0.05, 0.1) is 40.5 Å². The summed E-state index contributed by atoms with van der Waals surface area (Å²) in [5, 5.41) is 22.3. The van der Waals surface area contributed by atoms with Crippen LogP contribution in [0.4, 0.5) is 13.2 Å². The Morgan fingerprint density at radius 3 is 2.41 bits per heavy atom. The molecule has 0 aliphatic heterocycles. The molecule has 1 aromatic carbocycles. The SMILES string of the molecule is OCC(CO)COc1cc(Cl)c(-c2noc(-c3cn4cc(C(F)(F)F)cc(Cl)c4n3)n2)cc1Cl. The molecule has 4 rings (SSSR count). The normalized spacial score (nSPS) is 12.1. The van der Waals surface area contributed by atoms with E-state index >= 15 is 0 Å². The quantitative estimate of drug-likeness (QED) is 0.341.